The average molecular weight is 193 g/mol. The standard InChI is InChI=1S/C10H11NO3/c1-3-8(12)11-7-5-4-6(2)9(13)10(7)14/h3-5,13-14H,1H2,2H3,(H,11,12). The second-order valence-corrected chi connectivity index (χ2v) is 2.82. The number of phenols is 2. The third-order valence-electron chi connectivity index (χ3n) is 1.80. The van der Waals surface area contributed by atoms with Gasteiger partial charge in [0.25, 0.3) is 0 Å². The van der Waals surface area contributed by atoms with E-state index in [0.29, 0.717) is 5.56 Å². The summed E-state index contributed by atoms with van der Waals surface area (Å²) in [5, 5.41) is 21.1. The minimum atomic E-state index is -0.441. The minimum absolute atomic E-state index is 0.165. The number of carbonyl (C=O) groups is 1. The van der Waals surface area contributed by atoms with Crippen molar-refractivity contribution in [1.82, 2.24) is 0 Å². The van der Waals surface area contributed by atoms with Crippen LogP contribution < -0.4 is 5.32 Å². The summed E-state index contributed by atoms with van der Waals surface area (Å²) in [6.07, 6.45) is 1.08. The monoisotopic (exact) mass is 193 g/mol. The zero-order valence-electron chi connectivity index (χ0n) is 7.74. The average Bonchev–Trinajstić information content (AvgIpc) is 2.19. The van der Waals surface area contributed by atoms with Gasteiger partial charge in [0.05, 0.1) is 5.69 Å². The second-order valence-electron chi connectivity index (χ2n) is 2.82. The third kappa shape index (κ3) is 1.85. The molecule has 0 bridgehead atoms. The maximum absolute atomic E-state index is 10.9. The van der Waals surface area contributed by atoms with E-state index in [2.05, 4.69) is 11.9 Å². The molecule has 0 saturated heterocycles. The number of carbonyl (C=O) groups excluding carboxylic acids is 1. The van der Waals surface area contributed by atoms with E-state index in [4.69, 9.17) is 0 Å². The largest absolute Gasteiger partial charge is 0.504 e. The topological polar surface area (TPSA) is 69.6 Å². The van der Waals surface area contributed by atoms with Crippen LogP contribution >= 0.6 is 0 Å². The molecule has 0 spiro atoms. The van der Waals surface area contributed by atoms with Crippen LogP contribution in [0.3, 0.4) is 0 Å². The fraction of sp³-hybridized carbons (Fsp3) is 0.100. The fourth-order valence-electron chi connectivity index (χ4n) is 0.965. The van der Waals surface area contributed by atoms with Gasteiger partial charge in [0, 0.05) is 0 Å². The number of nitrogens with one attached hydrogen (secondary N) is 1. The van der Waals surface area contributed by atoms with Gasteiger partial charge in [-0.2, -0.15) is 0 Å². The Morgan fingerprint density at radius 3 is 2.64 bits per heavy atom. The van der Waals surface area contributed by atoms with Crippen LogP contribution in [0.25, 0.3) is 0 Å². The summed E-state index contributed by atoms with van der Waals surface area (Å²) in [7, 11) is 0. The molecular weight excluding hydrogens is 182 g/mol. The van der Waals surface area contributed by atoms with Crippen molar-refractivity contribution in [3.8, 4) is 11.5 Å². The van der Waals surface area contributed by atoms with Crippen LogP contribution in [-0.4, -0.2) is 16.1 Å². The van der Waals surface area contributed by atoms with E-state index in [9.17, 15) is 15.0 Å². The predicted octanol–water partition coefficient (Wildman–Crippen LogP) is 1.53. The molecule has 0 radical (unpaired) electrons. The van der Waals surface area contributed by atoms with E-state index in [-0.39, 0.29) is 17.2 Å². The van der Waals surface area contributed by atoms with Crippen LogP contribution in [-0.2, 0) is 4.79 Å². The van der Waals surface area contributed by atoms with Crippen LogP contribution in [0.2, 0.25) is 0 Å². The summed E-state index contributed by atoms with van der Waals surface area (Å²) in [5.41, 5.74) is 0.706. The Balaban J connectivity index is 3.05. The first-order valence-corrected chi connectivity index (χ1v) is 4.01. The first-order chi connectivity index (χ1) is 6.56. The lowest BCUT2D eigenvalue weighted by Gasteiger charge is -2.08. The maximum atomic E-state index is 10.9. The molecule has 0 aliphatic heterocycles. The first kappa shape index (κ1) is 10.1. The highest BCUT2D eigenvalue weighted by Gasteiger charge is 2.09. The zero-order valence-corrected chi connectivity index (χ0v) is 7.74. The van der Waals surface area contributed by atoms with Crippen molar-refractivity contribution in [2.75, 3.05) is 5.32 Å². The summed E-state index contributed by atoms with van der Waals surface area (Å²) in [6, 6.07) is 3.10. The lowest BCUT2D eigenvalue weighted by Crippen LogP contribution is -2.07. The molecule has 0 saturated carbocycles. The van der Waals surface area contributed by atoms with E-state index < -0.39 is 5.91 Å². The van der Waals surface area contributed by atoms with Gasteiger partial charge in [-0.05, 0) is 24.6 Å². The van der Waals surface area contributed by atoms with E-state index in [1.165, 1.54) is 6.07 Å². The molecule has 0 aliphatic rings. The van der Waals surface area contributed by atoms with Crippen LogP contribution in [0.5, 0.6) is 11.5 Å². The van der Waals surface area contributed by atoms with Crippen LogP contribution in [0.4, 0.5) is 5.69 Å². The summed E-state index contributed by atoms with van der Waals surface area (Å²) < 4.78 is 0. The number of aryl methyl sites for hydroxylation is 1. The number of rotatable bonds is 2. The van der Waals surface area contributed by atoms with E-state index in [0.717, 1.165) is 6.08 Å². The molecule has 14 heavy (non-hydrogen) atoms. The van der Waals surface area contributed by atoms with Gasteiger partial charge < -0.3 is 15.5 Å². The number of aromatic hydroxyl groups is 2. The maximum Gasteiger partial charge on any atom is 0.247 e. The molecule has 1 rings (SSSR count). The molecule has 74 valence electrons. The summed E-state index contributed by atoms with van der Waals surface area (Å²) >= 11 is 0. The Kier molecular flexibility index (Phi) is 2.76. The number of hydrogen-bond acceptors (Lipinski definition) is 3. The quantitative estimate of drug-likeness (QED) is 0.492. The fourth-order valence-corrected chi connectivity index (χ4v) is 0.965. The highest BCUT2D eigenvalue weighted by molar-refractivity contribution is 6.00. The van der Waals surface area contributed by atoms with Gasteiger partial charge in [0.2, 0.25) is 5.91 Å². The highest BCUT2D eigenvalue weighted by Crippen LogP contribution is 2.35. The van der Waals surface area contributed by atoms with Gasteiger partial charge >= 0.3 is 0 Å². The Morgan fingerprint density at radius 2 is 2.07 bits per heavy atom. The SMILES string of the molecule is C=CC(=O)Nc1ccc(C)c(O)c1O. The predicted molar refractivity (Wildman–Crippen MR) is 53.3 cm³/mol. The Morgan fingerprint density at radius 1 is 1.43 bits per heavy atom. The molecule has 0 heterocycles. The van der Waals surface area contributed by atoms with Gasteiger partial charge in [-0.25, -0.2) is 0 Å². The number of anilines is 1. The van der Waals surface area contributed by atoms with Crippen molar-refractivity contribution in [3.05, 3.63) is 30.4 Å². The van der Waals surface area contributed by atoms with Gasteiger partial charge in [-0.15, -0.1) is 0 Å². The summed E-state index contributed by atoms with van der Waals surface area (Å²) in [5.74, 6) is -1.00. The lowest BCUT2D eigenvalue weighted by atomic mass is 10.2. The van der Waals surface area contributed by atoms with Crippen molar-refractivity contribution in [2.45, 2.75) is 6.92 Å². The van der Waals surface area contributed by atoms with E-state index in [1.807, 2.05) is 0 Å². The molecule has 0 aliphatic carbocycles. The molecule has 0 fully saturated rings. The Bertz CT molecular complexity index is 385. The van der Waals surface area contributed by atoms with Gasteiger partial charge in [-0.1, -0.05) is 12.6 Å². The number of phenolic OH excluding ortho intramolecular Hbond substituents is 2. The summed E-state index contributed by atoms with van der Waals surface area (Å²) in [4.78, 5) is 10.9. The molecule has 4 nitrogen and oxygen atoms in total. The molecule has 0 atom stereocenters. The zero-order chi connectivity index (χ0) is 10.7. The lowest BCUT2D eigenvalue weighted by molar-refractivity contribution is -0.111. The minimum Gasteiger partial charge on any atom is -0.504 e. The second kappa shape index (κ2) is 3.83. The van der Waals surface area contributed by atoms with Gasteiger partial charge in [-0.3, -0.25) is 4.79 Å². The molecule has 4 heteroatoms. The van der Waals surface area contributed by atoms with Crippen molar-refractivity contribution >= 4 is 11.6 Å². The highest BCUT2D eigenvalue weighted by atomic mass is 16.3. The Hall–Kier alpha value is -1.97. The number of amides is 1. The van der Waals surface area contributed by atoms with Crippen molar-refractivity contribution in [2.24, 2.45) is 0 Å². The molecule has 1 aromatic carbocycles. The van der Waals surface area contributed by atoms with Crippen molar-refractivity contribution in [3.63, 3.8) is 0 Å². The number of benzene rings is 1. The van der Waals surface area contributed by atoms with Crippen LogP contribution in [0.15, 0.2) is 24.8 Å². The van der Waals surface area contributed by atoms with Gasteiger partial charge in [0.15, 0.2) is 11.5 Å². The first-order valence-electron chi connectivity index (χ1n) is 4.01. The van der Waals surface area contributed by atoms with Gasteiger partial charge in [0.1, 0.15) is 0 Å². The molecule has 1 aromatic rings. The normalized spacial score (nSPS) is 9.50. The van der Waals surface area contributed by atoms with Crippen LogP contribution in [0.1, 0.15) is 5.56 Å². The molecule has 0 unspecified atom stereocenters. The van der Waals surface area contributed by atoms with Crippen molar-refractivity contribution in [1.29, 1.82) is 0 Å². The number of hydrogen-bond donors (Lipinski definition) is 3. The molecule has 1 amide bonds. The van der Waals surface area contributed by atoms with Crippen LogP contribution in [0, 0.1) is 6.92 Å². The van der Waals surface area contributed by atoms with Crippen molar-refractivity contribution < 1.29 is 15.0 Å². The Labute approximate surface area is 81.5 Å². The van der Waals surface area contributed by atoms with E-state index in [1.54, 1.807) is 13.0 Å². The third-order valence-corrected chi connectivity index (χ3v) is 1.80. The smallest absolute Gasteiger partial charge is 0.247 e. The summed E-state index contributed by atoms with van der Waals surface area (Å²) in [6.45, 7) is 4.92. The molecular formula is C10H11NO3. The van der Waals surface area contributed by atoms with E-state index >= 15 is 0 Å². The molecule has 3 N–H and O–H groups in total. The molecule has 0 aromatic heterocycles.